The van der Waals surface area contributed by atoms with Crippen molar-refractivity contribution >= 4 is 39.0 Å². The van der Waals surface area contributed by atoms with Crippen LogP contribution in [0.15, 0.2) is 64.4 Å². The predicted octanol–water partition coefficient (Wildman–Crippen LogP) is 5.82. The lowest BCUT2D eigenvalue weighted by molar-refractivity contribution is 0.669. The lowest BCUT2D eigenvalue weighted by atomic mass is 10.1. The Morgan fingerprint density at radius 3 is 2.67 bits per heavy atom. The lowest BCUT2D eigenvalue weighted by Gasteiger charge is -2.13. The first-order chi connectivity index (χ1) is 10.3. The summed E-state index contributed by atoms with van der Waals surface area (Å²) < 4.78 is 5.86. The second-order valence-corrected chi connectivity index (χ2v) is 6.17. The van der Waals surface area contributed by atoms with Crippen LogP contribution in [-0.2, 0) is 0 Å². The van der Waals surface area contributed by atoms with E-state index in [1.807, 2.05) is 24.3 Å². The van der Waals surface area contributed by atoms with Crippen LogP contribution in [0.1, 0.15) is 17.8 Å². The van der Waals surface area contributed by atoms with Gasteiger partial charge in [-0.05, 0) is 42.6 Å². The maximum absolute atomic E-state index is 5.86. The fourth-order valence-electron chi connectivity index (χ4n) is 2.67. The molecular weight excluding hydrogens is 278 g/mol. The first kappa shape index (κ1) is 12.5. The number of hydrogen-bond donors (Lipinski definition) is 1. The van der Waals surface area contributed by atoms with Crippen molar-refractivity contribution in [3.05, 3.63) is 64.9 Å². The Labute approximate surface area is 127 Å². The number of rotatable bonds is 3. The van der Waals surface area contributed by atoms with Crippen LogP contribution in [0.4, 0.5) is 5.69 Å². The highest BCUT2D eigenvalue weighted by Crippen LogP contribution is 2.32. The largest absolute Gasteiger partial charge is 0.456 e. The summed E-state index contributed by atoms with van der Waals surface area (Å²) in [7, 11) is 0. The van der Waals surface area contributed by atoms with E-state index in [1.165, 1.54) is 10.3 Å². The van der Waals surface area contributed by atoms with Gasteiger partial charge in [0.2, 0.25) is 0 Å². The quantitative estimate of drug-likeness (QED) is 0.515. The summed E-state index contributed by atoms with van der Waals surface area (Å²) in [5.41, 5.74) is 3.00. The second kappa shape index (κ2) is 4.93. The van der Waals surface area contributed by atoms with Crippen molar-refractivity contribution in [2.45, 2.75) is 13.0 Å². The van der Waals surface area contributed by atoms with Crippen LogP contribution in [0, 0.1) is 0 Å². The van der Waals surface area contributed by atoms with E-state index >= 15 is 0 Å². The van der Waals surface area contributed by atoms with Crippen LogP contribution in [0.3, 0.4) is 0 Å². The Hall–Kier alpha value is -2.26. The van der Waals surface area contributed by atoms with E-state index in [9.17, 15) is 0 Å². The molecule has 0 amide bonds. The second-order valence-electron chi connectivity index (χ2n) is 5.19. The van der Waals surface area contributed by atoms with Gasteiger partial charge in [-0.25, -0.2) is 0 Å². The minimum absolute atomic E-state index is 0.306. The minimum Gasteiger partial charge on any atom is -0.456 e. The Morgan fingerprint density at radius 1 is 0.952 bits per heavy atom. The molecule has 2 nitrogen and oxygen atoms in total. The highest BCUT2D eigenvalue weighted by molar-refractivity contribution is 7.10. The maximum Gasteiger partial charge on any atom is 0.135 e. The van der Waals surface area contributed by atoms with Gasteiger partial charge in [-0.15, -0.1) is 11.3 Å². The molecule has 2 aromatic heterocycles. The van der Waals surface area contributed by atoms with Gasteiger partial charge in [0.1, 0.15) is 11.2 Å². The van der Waals surface area contributed by atoms with Crippen molar-refractivity contribution in [1.82, 2.24) is 0 Å². The molecule has 0 radical (unpaired) electrons. The molecule has 0 aliphatic carbocycles. The van der Waals surface area contributed by atoms with Crippen molar-refractivity contribution in [2.24, 2.45) is 0 Å². The average molecular weight is 293 g/mol. The van der Waals surface area contributed by atoms with E-state index in [0.717, 1.165) is 22.2 Å². The van der Waals surface area contributed by atoms with Gasteiger partial charge >= 0.3 is 0 Å². The smallest absolute Gasteiger partial charge is 0.135 e. The number of anilines is 1. The molecule has 0 bridgehead atoms. The third-order valence-electron chi connectivity index (χ3n) is 3.73. The van der Waals surface area contributed by atoms with Crippen LogP contribution in [0.25, 0.3) is 21.9 Å². The van der Waals surface area contributed by atoms with Crippen LogP contribution in [0.5, 0.6) is 0 Å². The van der Waals surface area contributed by atoms with E-state index in [0.29, 0.717) is 6.04 Å². The molecule has 4 aromatic rings. The van der Waals surface area contributed by atoms with Crippen molar-refractivity contribution in [1.29, 1.82) is 0 Å². The number of para-hydroxylation sites is 1. The van der Waals surface area contributed by atoms with Crippen LogP contribution < -0.4 is 5.32 Å². The normalized spacial score (nSPS) is 12.8. The summed E-state index contributed by atoms with van der Waals surface area (Å²) >= 11 is 1.78. The molecule has 0 aliphatic heterocycles. The monoisotopic (exact) mass is 293 g/mol. The lowest BCUT2D eigenvalue weighted by Crippen LogP contribution is -2.04. The molecule has 2 heterocycles. The van der Waals surface area contributed by atoms with Crippen molar-refractivity contribution in [3.8, 4) is 0 Å². The highest BCUT2D eigenvalue weighted by atomic mass is 32.1. The molecule has 0 fully saturated rings. The minimum atomic E-state index is 0.306. The zero-order valence-electron chi connectivity index (χ0n) is 11.7. The number of thiophene rings is 1. The zero-order chi connectivity index (χ0) is 14.2. The van der Waals surface area contributed by atoms with Crippen molar-refractivity contribution in [3.63, 3.8) is 0 Å². The third-order valence-corrected chi connectivity index (χ3v) is 4.78. The van der Waals surface area contributed by atoms with Gasteiger partial charge in [0.05, 0.1) is 6.04 Å². The van der Waals surface area contributed by atoms with Gasteiger partial charge in [-0.2, -0.15) is 0 Å². The average Bonchev–Trinajstić information content (AvgIpc) is 3.14. The Bertz CT molecular complexity index is 892. The summed E-state index contributed by atoms with van der Waals surface area (Å²) in [4.78, 5) is 1.34. The molecular formula is C18H15NOS. The molecule has 0 aliphatic rings. The fourth-order valence-corrected chi connectivity index (χ4v) is 3.41. The number of benzene rings is 2. The molecule has 0 saturated carbocycles. The number of fused-ring (bicyclic) bond motifs is 3. The van der Waals surface area contributed by atoms with Gasteiger partial charge < -0.3 is 9.73 Å². The Balaban J connectivity index is 1.74. The van der Waals surface area contributed by atoms with Gasteiger partial charge in [0.15, 0.2) is 0 Å². The predicted molar refractivity (Wildman–Crippen MR) is 90.1 cm³/mol. The van der Waals surface area contributed by atoms with Crippen LogP contribution in [-0.4, -0.2) is 0 Å². The van der Waals surface area contributed by atoms with E-state index in [2.05, 4.69) is 48.0 Å². The number of nitrogens with one attached hydrogen (secondary N) is 1. The first-order valence-corrected chi connectivity index (χ1v) is 7.90. The maximum atomic E-state index is 5.86. The zero-order valence-corrected chi connectivity index (χ0v) is 12.5. The van der Waals surface area contributed by atoms with Gasteiger partial charge in [0.25, 0.3) is 0 Å². The molecule has 21 heavy (non-hydrogen) atoms. The summed E-state index contributed by atoms with van der Waals surface area (Å²) in [6.07, 6.45) is 0. The Kier molecular flexibility index (Phi) is 2.93. The molecule has 0 spiro atoms. The van der Waals surface area contributed by atoms with Crippen LogP contribution in [0.2, 0.25) is 0 Å². The van der Waals surface area contributed by atoms with E-state index < -0.39 is 0 Å². The topological polar surface area (TPSA) is 25.2 Å². The summed E-state index contributed by atoms with van der Waals surface area (Å²) in [5, 5.41) is 8.00. The van der Waals surface area contributed by atoms with E-state index in [1.54, 1.807) is 11.3 Å². The highest BCUT2D eigenvalue weighted by Gasteiger charge is 2.09. The number of furan rings is 1. The fraction of sp³-hybridized carbons (Fsp3) is 0.111. The summed E-state index contributed by atoms with van der Waals surface area (Å²) in [6.45, 7) is 2.18. The SMILES string of the molecule is CC(Nc1ccc2oc3ccccc3c2c1)c1cccs1. The van der Waals surface area contributed by atoms with Crippen LogP contribution >= 0.6 is 11.3 Å². The molecule has 104 valence electrons. The van der Waals surface area contributed by atoms with E-state index in [-0.39, 0.29) is 0 Å². The van der Waals surface area contributed by atoms with Gasteiger partial charge in [0, 0.05) is 21.3 Å². The van der Waals surface area contributed by atoms with Gasteiger partial charge in [-0.1, -0.05) is 24.3 Å². The van der Waals surface area contributed by atoms with Crippen molar-refractivity contribution < 1.29 is 4.42 Å². The van der Waals surface area contributed by atoms with Crippen molar-refractivity contribution in [2.75, 3.05) is 5.32 Å². The molecule has 2 aromatic carbocycles. The molecule has 0 saturated heterocycles. The van der Waals surface area contributed by atoms with E-state index in [4.69, 9.17) is 4.42 Å². The summed E-state index contributed by atoms with van der Waals surface area (Å²) in [5.74, 6) is 0. The standard InChI is InChI=1S/C18H15NOS/c1-12(18-7-4-10-21-18)19-13-8-9-17-15(11-13)14-5-2-3-6-16(14)20-17/h2-12,19H,1H3. The molecule has 1 N–H and O–H groups in total. The molecule has 3 heteroatoms. The summed E-state index contributed by atoms with van der Waals surface area (Å²) in [6, 6.07) is 19.0. The first-order valence-electron chi connectivity index (χ1n) is 7.02. The molecule has 1 atom stereocenters. The molecule has 1 unspecified atom stereocenters. The molecule has 4 rings (SSSR count). The number of hydrogen-bond acceptors (Lipinski definition) is 3. The third kappa shape index (κ3) is 2.20. The Morgan fingerprint density at radius 2 is 1.81 bits per heavy atom. The van der Waals surface area contributed by atoms with Gasteiger partial charge in [-0.3, -0.25) is 0 Å².